The first kappa shape index (κ1) is 17.2. The van der Waals surface area contributed by atoms with Gasteiger partial charge in [-0.3, -0.25) is 19.8 Å². The highest BCUT2D eigenvalue weighted by Crippen LogP contribution is 2.24. The van der Waals surface area contributed by atoms with Crippen molar-refractivity contribution in [2.45, 2.75) is 10.9 Å². The minimum atomic E-state index is -1.61. The fraction of sp³-hybridized carbons (Fsp3) is 0.273. The average Bonchev–Trinajstić information content (AvgIpc) is 2.43. The van der Waals surface area contributed by atoms with E-state index >= 15 is 0 Å². The molecule has 21 heavy (non-hydrogen) atoms. The maximum Gasteiger partial charge on any atom is 0.329 e. The second-order valence-corrected chi connectivity index (χ2v) is 4.92. The van der Waals surface area contributed by atoms with Gasteiger partial charge in [0.2, 0.25) is 0 Å². The fourth-order valence-corrected chi connectivity index (χ4v) is 1.78. The van der Waals surface area contributed by atoms with Crippen LogP contribution in [0.25, 0.3) is 0 Å². The van der Waals surface area contributed by atoms with Gasteiger partial charge in [-0.1, -0.05) is 23.2 Å². The van der Waals surface area contributed by atoms with Gasteiger partial charge < -0.3 is 10.2 Å². The molecule has 0 saturated heterocycles. The second-order valence-electron chi connectivity index (χ2n) is 3.82. The number of alkyl halides is 2. The van der Waals surface area contributed by atoms with Crippen LogP contribution in [0.1, 0.15) is 0 Å². The number of carboxylic acids is 1. The number of aliphatic carboxylic acids is 1. The van der Waals surface area contributed by atoms with Crippen molar-refractivity contribution in [2.75, 3.05) is 11.5 Å². The molecule has 0 aliphatic carbocycles. The second kappa shape index (κ2) is 7.21. The minimum absolute atomic E-state index is 0.0124. The first-order chi connectivity index (χ1) is 9.79. The van der Waals surface area contributed by atoms with Crippen molar-refractivity contribution in [2.24, 2.45) is 0 Å². The molecule has 0 aliphatic rings. The zero-order valence-electron chi connectivity index (χ0n) is 10.3. The number of carboxylic acid groups (broad SMARTS) is 1. The molecule has 0 heterocycles. The van der Waals surface area contributed by atoms with E-state index in [2.05, 4.69) is 0 Å². The van der Waals surface area contributed by atoms with E-state index in [-0.39, 0.29) is 11.4 Å². The van der Waals surface area contributed by atoms with Crippen LogP contribution >= 0.6 is 23.2 Å². The zero-order valence-corrected chi connectivity index (χ0v) is 11.9. The van der Waals surface area contributed by atoms with Gasteiger partial charge in [0.05, 0.1) is 11.5 Å². The first-order valence-corrected chi connectivity index (χ1v) is 6.36. The van der Waals surface area contributed by atoms with Crippen LogP contribution in [-0.2, 0) is 9.59 Å². The summed E-state index contributed by atoms with van der Waals surface area (Å²) in [5.41, 5.74) is -0.228. The smallest absolute Gasteiger partial charge is 0.329 e. The van der Waals surface area contributed by atoms with Gasteiger partial charge in [0.1, 0.15) is 0 Å². The van der Waals surface area contributed by atoms with Crippen LogP contribution in [0.2, 0.25) is 0 Å². The van der Waals surface area contributed by atoms with Gasteiger partial charge >= 0.3 is 5.97 Å². The molecule has 0 bridgehead atoms. The Hall–Kier alpha value is -1.90. The number of nitro groups is 1. The number of anilines is 1. The third kappa shape index (κ3) is 4.03. The summed E-state index contributed by atoms with van der Waals surface area (Å²) in [6, 6.07) is 2.89. The number of rotatable bonds is 6. The van der Waals surface area contributed by atoms with Crippen LogP contribution in [0.15, 0.2) is 24.3 Å². The Morgan fingerprint density at radius 3 is 2.14 bits per heavy atom. The van der Waals surface area contributed by atoms with Gasteiger partial charge in [-0.25, -0.2) is 4.79 Å². The van der Waals surface area contributed by atoms with Crippen LogP contribution < -0.4 is 4.90 Å². The highest BCUT2D eigenvalue weighted by molar-refractivity contribution is 6.54. The van der Waals surface area contributed by atoms with Crippen LogP contribution in [0.3, 0.4) is 0 Å². The van der Waals surface area contributed by atoms with Crippen molar-refractivity contribution in [3.05, 3.63) is 34.4 Å². The van der Waals surface area contributed by atoms with Crippen LogP contribution in [0.5, 0.6) is 0 Å². The Bertz CT molecular complexity index is 548. The first-order valence-electron chi connectivity index (χ1n) is 5.49. The number of nitrogens with zero attached hydrogens (tertiary/aromatic N) is 2. The molecule has 0 spiro atoms. The summed E-state index contributed by atoms with van der Waals surface area (Å²) in [5.74, 6) is -2.44. The number of hydrogen-bond donors (Lipinski definition) is 2. The Morgan fingerprint density at radius 2 is 1.81 bits per heavy atom. The molecule has 2 N–H and O–H groups in total. The summed E-state index contributed by atoms with van der Waals surface area (Å²) in [6.45, 7) is -0.876. The molecule has 8 nitrogen and oxygen atoms in total. The molecule has 0 fully saturated rings. The Kier molecular flexibility index (Phi) is 5.89. The molecule has 0 aliphatic heterocycles. The van der Waals surface area contributed by atoms with E-state index < -0.39 is 34.3 Å². The van der Waals surface area contributed by atoms with Gasteiger partial charge in [-0.15, -0.1) is 0 Å². The molecule has 0 aromatic heterocycles. The maximum absolute atomic E-state index is 11.9. The summed E-state index contributed by atoms with van der Waals surface area (Å²) < 4.78 is 0. The summed E-state index contributed by atoms with van der Waals surface area (Å²) in [5, 5.41) is 28.7. The van der Waals surface area contributed by atoms with Gasteiger partial charge in [-0.2, -0.15) is 0 Å². The van der Waals surface area contributed by atoms with E-state index in [1.807, 2.05) is 0 Å². The molecule has 1 atom stereocenters. The molecule has 1 aromatic rings. The Balaban J connectivity index is 3.26. The predicted molar refractivity (Wildman–Crippen MR) is 74.6 cm³/mol. The summed E-state index contributed by atoms with van der Waals surface area (Å²) >= 11 is 10.9. The number of carbonyl (C=O) groups is 2. The average molecular weight is 337 g/mol. The monoisotopic (exact) mass is 336 g/mol. The van der Waals surface area contributed by atoms with Crippen molar-refractivity contribution >= 4 is 46.5 Å². The van der Waals surface area contributed by atoms with E-state index in [0.717, 1.165) is 24.3 Å². The van der Waals surface area contributed by atoms with Crippen molar-refractivity contribution in [3.63, 3.8) is 0 Å². The van der Waals surface area contributed by atoms with Crippen LogP contribution in [0.4, 0.5) is 11.4 Å². The van der Waals surface area contributed by atoms with Crippen LogP contribution in [0, 0.1) is 10.1 Å². The molecule has 1 amide bonds. The molecule has 1 rings (SSSR count). The Labute approximate surface area is 128 Å². The lowest BCUT2D eigenvalue weighted by molar-refractivity contribution is -0.384. The highest BCUT2D eigenvalue weighted by atomic mass is 35.5. The maximum atomic E-state index is 11.9. The highest BCUT2D eigenvalue weighted by Gasteiger charge is 2.33. The molecule has 0 radical (unpaired) electrons. The molecule has 114 valence electrons. The topological polar surface area (TPSA) is 121 Å². The standard InChI is InChI=1S/C11H10Cl2N2O6/c12-9(13)10(17)14(8(5-16)11(18)19)6-1-3-7(4-2-6)15(20)21/h1-4,8-9,16H,5H2,(H,18,19)/t8-/m0/s1. The number of carbonyl (C=O) groups excluding carboxylic acids is 1. The lowest BCUT2D eigenvalue weighted by Crippen LogP contribution is -2.49. The van der Waals surface area contributed by atoms with Crippen molar-refractivity contribution in [1.82, 2.24) is 0 Å². The predicted octanol–water partition coefficient (Wildman–Crippen LogP) is 1.18. The van der Waals surface area contributed by atoms with Crippen LogP contribution in [-0.4, -0.2) is 44.5 Å². The molecular formula is C11H10Cl2N2O6. The molecule has 1 aromatic carbocycles. The number of hydrogen-bond acceptors (Lipinski definition) is 5. The molecule has 10 heteroatoms. The normalized spacial score (nSPS) is 12.0. The number of non-ortho nitro benzene ring substituents is 1. The fourth-order valence-electron chi connectivity index (χ4n) is 1.57. The molecule has 0 unspecified atom stereocenters. The Morgan fingerprint density at radius 1 is 1.29 bits per heavy atom. The van der Waals surface area contributed by atoms with E-state index in [0.29, 0.717) is 4.90 Å². The summed E-state index contributed by atoms with van der Waals surface area (Å²) in [4.78, 5) is 32.1. The van der Waals surface area contributed by atoms with Gasteiger partial charge in [-0.05, 0) is 12.1 Å². The van der Waals surface area contributed by atoms with Gasteiger partial charge in [0.25, 0.3) is 11.6 Å². The SMILES string of the molecule is O=C(O)[C@H](CO)N(C(=O)C(Cl)Cl)c1ccc([N+](=O)[O-])cc1. The minimum Gasteiger partial charge on any atom is -0.480 e. The largest absolute Gasteiger partial charge is 0.480 e. The van der Waals surface area contributed by atoms with E-state index in [4.69, 9.17) is 33.4 Å². The number of halogens is 2. The van der Waals surface area contributed by atoms with Crippen molar-refractivity contribution < 1.29 is 24.7 Å². The third-order valence-corrected chi connectivity index (χ3v) is 2.91. The van der Waals surface area contributed by atoms with E-state index in [1.54, 1.807) is 0 Å². The van der Waals surface area contributed by atoms with Crippen molar-refractivity contribution in [1.29, 1.82) is 0 Å². The lowest BCUT2D eigenvalue weighted by Gasteiger charge is -2.28. The van der Waals surface area contributed by atoms with Crippen molar-refractivity contribution in [3.8, 4) is 0 Å². The van der Waals surface area contributed by atoms with Gasteiger partial charge in [0.15, 0.2) is 10.9 Å². The third-order valence-electron chi connectivity index (χ3n) is 2.53. The summed E-state index contributed by atoms with van der Waals surface area (Å²) in [6.07, 6.45) is 0. The number of nitro benzene ring substituents is 1. The summed E-state index contributed by atoms with van der Waals surface area (Å²) in [7, 11) is 0. The van der Waals surface area contributed by atoms with Gasteiger partial charge in [0, 0.05) is 17.8 Å². The molecular weight excluding hydrogens is 327 g/mol. The quantitative estimate of drug-likeness (QED) is 0.457. The van der Waals surface area contributed by atoms with E-state index in [1.165, 1.54) is 0 Å². The number of aliphatic hydroxyl groups is 1. The number of aliphatic hydroxyl groups excluding tert-OH is 1. The number of amides is 1. The zero-order chi connectivity index (χ0) is 16.2. The number of benzene rings is 1. The molecule has 0 saturated carbocycles. The van der Waals surface area contributed by atoms with E-state index in [9.17, 15) is 19.7 Å². The lowest BCUT2D eigenvalue weighted by atomic mass is 10.2.